The van der Waals surface area contributed by atoms with E-state index in [0.717, 1.165) is 25.5 Å². The molecule has 1 saturated carbocycles. The molecule has 4 atom stereocenters. The Kier molecular flexibility index (Phi) is 3.48. The molecule has 0 saturated heterocycles. The van der Waals surface area contributed by atoms with E-state index in [4.69, 9.17) is 5.26 Å². The van der Waals surface area contributed by atoms with Crippen molar-refractivity contribution in [1.82, 2.24) is 0 Å². The maximum absolute atomic E-state index is 10.7. The van der Waals surface area contributed by atoms with Crippen molar-refractivity contribution in [3.05, 3.63) is 0 Å². The van der Waals surface area contributed by atoms with Crippen LogP contribution in [0.1, 0.15) is 33.1 Å². The Balaban J connectivity index is 2.66. The van der Waals surface area contributed by atoms with Crippen molar-refractivity contribution < 1.29 is 4.79 Å². The van der Waals surface area contributed by atoms with Gasteiger partial charge in [0.1, 0.15) is 6.29 Å². The first-order valence-electron chi connectivity index (χ1n) is 5.07. The van der Waals surface area contributed by atoms with Gasteiger partial charge in [-0.15, -0.1) is 0 Å². The smallest absolute Gasteiger partial charge is 0.123 e. The SMILES string of the molecule is CCC1C[C@H](C=O)C(C)C[C@@H]1C#N. The van der Waals surface area contributed by atoms with Gasteiger partial charge in [0, 0.05) is 11.8 Å². The van der Waals surface area contributed by atoms with Crippen LogP contribution >= 0.6 is 0 Å². The molecule has 13 heavy (non-hydrogen) atoms. The van der Waals surface area contributed by atoms with Crippen LogP contribution in [0, 0.1) is 35.0 Å². The minimum absolute atomic E-state index is 0.177. The van der Waals surface area contributed by atoms with Crippen LogP contribution in [0.15, 0.2) is 0 Å². The first-order chi connectivity index (χ1) is 6.22. The minimum Gasteiger partial charge on any atom is -0.303 e. The van der Waals surface area contributed by atoms with Gasteiger partial charge in [-0.1, -0.05) is 20.3 Å². The molecule has 0 aromatic carbocycles. The molecule has 0 amide bonds. The maximum atomic E-state index is 10.7. The van der Waals surface area contributed by atoms with Crippen molar-refractivity contribution >= 4 is 6.29 Å². The summed E-state index contributed by atoms with van der Waals surface area (Å²) in [7, 11) is 0. The summed E-state index contributed by atoms with van der Waals surface area (Å²) in [5, 5.41) is 8.93. The van der Waals surface area contributed by atoms with Crippen LogP contribution in [0.25, 0.3) is 0 Å². The molecule has 0 spiro atoms. The lowest BCUT2D eigenvalue weighted by Gasteiger charge is -2.34. The van der Waals surface area contributed by atoms with E-state index in [0.29, 0.717) is 11.8 Å². The summed E-state index contributed by atoms with van der Waals surface area (Å²) in [5.41, 5.74) is 0. The fraction of sp³-hybridized carbons (Fsp3) is 0.818. The van der Waals surface area contributed by atoms with Crippen LogP contribution < -0.4 is 0 Å². The van der Waals surface area contributed by atoms with Gasteiger partial charge in [-0.05, 0) is 24.7 Å². The van der Waals surface area contributed by atoms with E-state index in [1.807, 2.05) is 0 Å². The number of nitriles is 1. The lowest BCUT2D eigenvalue weighted by Crippen LogP contribution is -2.30. The van der Waals surface area contributed by atoms with E-state index in [2.05, 4.69) is 19.9 Å². The summed E-state index contributed by atoms with van der Waals surface area (Å²) in [5.74, 6) is 1.20. The zero-order valence-corrected chi connectivity index (χ0v) is 8.36. The quantitative estimate of drug-likeness (QED) is 0.611. The van der Waals surface area contributed by atoms with Crippen LogP contribution in [-0.4, -0.2) is 6.29 Å². The molecule has 0 N–H and O–H groups in total. The molecule has 2 heteroatoms. The molecule has 0 aromatic rings. The Morgan fingerprint density at radius 2 is 2.23 bits per heavy atom. The van der Waals surface area contributed by atoms with Crippen LogP contribution in [0.4, 0.5) is 0 Å². The minimum atomic E-state index is 0.177. The highest BCUT2D eigenvalue weighted by molar-refractivity contribution is 5.54. The van der Waals surface area contributed by atoms with E-state index < -0.39 is 0 Å². The van der Waals surface area contributed by atoms with E-state index in [9.17, 15) is 4.79 Å². The zero-order valence-electron chi connectivity index (χ0n) is 8.36. The second kappa shape index (κ2) is 4.41. The molecular weight excluding hydrogens is 162 g/mol. The third-order valence-corrected chi connectivity index (χ3v) is 3.37. The largest absolute Gasteiger partial charge is 0.303 e. The van der Waals surface area contributed by atoms with Crippen molar-refractivity contribution in [2.45, 2.75) is 33.1 Å². The molecule has 1 aliphatic carbocycles. The molecule has 2 nitrogen and oxygen atoms in total. The highest BCUT2D eigenvalue weighted by Gasteiger charge is 2.33. The number of aldehydes is 1. The average molecular weight is 179 g/mol. The Labute approximate surface area is 79.9 Å². The summed E-state index contributed by atoms with van der Waals surface area (Å²) in [6, 6.07) is 2.36. The summed E-state index contributed by atoms with van der Waals surface area (Å²) >= 11 is 0. The van der Waals surface area contributed by atoms with Crippen molar-refractivity contribution in [2.24, 2.45) is 23.7 Å². The fourth-order valence-electron chi connectivity index (χ4n) is 2.31. The number of hydrogen-bond acceptors (Lipinski definition) is 2. The predicted octanol–water partition coefficient (Wildman–Crippen LogP) is 2.40. The van der Waals surface area contributed by atoms with Crippen molar-refractivity contribution in [3.8, 4) is 6.07 Å². The van der Waals surface area contributed by atoms with Gasteiger partial charge in [0.15, 0.2) is 0 Å². The Morgan fingerprint density at radius 3 is 2.69 bits per heavy atom. The summed E-state index contributed by atoms with van der Waals surface area (Å²) in [6.07, 6.45) is 3.91. The summed E-state index contributed by atoms with van der Waals surface area (Å²) in [4.78, 5) is 10.7. The topological polar surface area (TPSA) is 40.9 Å². The average Bonchev–Trinajstić information content (AvgIpc) is 2.17. The molecule has 2 unspecified atom stereocenters. The number of rotatable bonds is 2. The molecule has 1 aliphatic rings. The van der Waals surface area contributed by atoms with E-state index in [-0.39, 0.29) is 11.8 Å². The van der Waals surface area contributed by atoms with Crippen molar-refractivity contribution in [2.75, 3.05) is 0 Å². The maximum Gasteiger partial charge on any atom is 0.123 e. The summed E-state index contributed by atoms with van der Waals surface area (Å²) < 4.78 is 0. The first kappa shape index (κ1) is 10.2. The lowest BCUT2D eigenvalue weighted by atomic mass is 9.69. The normalized spacial score (nSPS) is 39.5. The van der Waals surface area contributed by atoms with E-state index >= 15 is 0 Å². The van der Waals surface area contributed by atoms with Crippen molar-refractivity contribution in [3.63, 3.8) is 0 Å². The highest BCUT2D eigenvalue weighted by Crippen LogP contribution is 2.38. The van der Waals surface area contributed by atoms with Gasteiger partial charge in [-0.2, -0.15) is 5.26 Å². The van der Waals surface area contributed by atoms with E-state index in [1.165, 1.54) is 0 Å². The highest BCUT2D eigenvalue weighted by atomic mass is 16.1. The van der Waals surface area contributed by atoms with E-state index in [1.54, 1.807) is 0 Å². The molecule has 72 valence electrons. The molecule has 1 rings (SSSR count). The van der Waals surface area contributed by atoms with Crippen LogP contribution in [0.5, 0.6) is 0 Å². The van der Waals surface area contributed by atoms with Gasteiger partial charge < -0.3 is 4.79 Å². The number of nitrogens with zero attached hydrogens (tertiary/aromatic N) is 1. The van der Waals surface area contributed by atoms with Gasteiger partial charge in [0.25, 0.3) is 0 Å². The van der Waals surface area contributed by atoms with Gasteiger partial charge in [-0.25, -0.2) is 0 Å². The monoisotopic (exact) mass is 179 g/mol. The molecule has 0 aromatic heterocycles. The van der Waals surface area contributed by atoms with Crippen LogP contribution in [-0.2, 0) is 4.79 Å². The molecular formula is C11H17NO. The third-order valence-electron chi connectivity index (χ3n) is 3.37. The summed E-state index contributed by atoms with van der Waals surface area (Å²) in [6.45, 7) is 4.18. The molecule has 1 fully saturated rings. The van der Waals surface area contributed by atoms with Gasteiger partial charge in [-0.3, -0.25) is 0 Å². The lowest BCUT2D eigenvalue weighted by molar-refractivity contribution is -0.114. The van der Waals surface area contributed by atoms with Crippen LogP contribution in [0.2, 0.25) is 0 Å². The van der Waals surface area contributed by atoms with Gasteiger partial charge in [0.2, 0.25) is 0 Å². The zero-order chi connectivity index (χ0) is 9.84. The number of carbonyl (C=O) groups is 1. The Morgan fingerprint density at radius 1 is 1.54 bits per heavy atom. The fourth-order valence-corrected chi connectivity index (χ4v) is 2.31. The Bertz CT molecular complexity index is 219. The first-order valence-corrected chi connectivity index (χ1v) is 5.07. The second-order valence-corrected chi connectivity index (χ2v) is 4.15. The van der Waals surface area contributed by atoms with Gasteiger partial charge in [0.05, 0.1) is 6.07 Å². The predicted molar refractivity (Wildman–Crippen MR) is 50.8 cm³/mol. The Hall–Kier alpha value is -0.840. The van der Waals surface area contributed by atoms with Gasteiger partial charge >= 0.3 is 0 Å². The standard InChI is InChI=1S/C11H17NO/c1-3-9-5-11(7-13)8(2)4-10(9)6-12/h7-11H,3-5H2,1-2H3/t8?,9?,10-,11-/m1/s1. The number of carbonyl (C=O) groups excluding carboxylic acids is 1. The number of hydrogen-bond donors (Lipinski definition) is 0. The second-order valence-electron chi connectivity index (χ2n) is 4.15. The van der Waals surface area contributed by atoms with Crippen molar-refractivity contribution in [1.29, 1.82) is 5.26 Å². The molecule has 0 bridgehead atoms. The molecule has 0 heterocycles. The molecule has 0 radical (unpaired) electrons. The third kappa shape index (κ3) is 2.09. The molecule has 0 aliphatic heterocycles. The van der Waals surface area contributed by atoms with Crippen LogP contribution in [0.3, 0.4) is 0 Å².